The molecule has 1 atom stereocenters. The smallest absolute Gasteiger partial charge is 0.265 e. The minimum atomic E-state index is 0.0257. The van der Waals surface area contributed by atoms with Crippen LogP contribution in [0.5, 0.6) is 0 Å². The summed E-state index contributed by atoms with van der Waals surface area (Å²) in [5.74, 6) is 0.762. The standard InChI is InChI=1S/C21H26N2OS/c1-15-5-10-19-16(13-15)14-20(25-19)21(24)22-17-6-8-18(9-7-17)23-11-3-2-4-12-23/h6-9,14-15H,2-5,10-13H2,1H3,(H,22,24)/t15-/m1/s1. The molecule has 1 N–H and O–H groups in total. The van der Waals surface area contributed by atoms with Crippen molar-refractivity contribution in [3.05, 3.63) is 45.6 Å². The third-order valence-electron chi connectivity index (χ3n) is 5.40. The van der Waals surface area contributed by atoms with E-state index in [0.717, 1.165) is 42.4 Å². The predicted octanol–water partition coefficient (Wildman–Crippen LogP) is 5.12. The van der Waals surface area contributed by atoms with E-state index in [1.54, 1.807) is 11.3 Å². The summed E-state index contributed by atoms with van der Waals surface area (Å²) in [6, 6.07) is 10.4. The van der Waals surface area contributed by atoms with Crippen LogP contribution >= 0.6 is 11.3 Å². The molecule has 0 spiro atoms. The minimum Gasteiger partial charge on any atom is -0.372 e. The first-order valence-electron chi connectivity index (χ1n) is 9.47. The Kier molecular flexibility index (Phi) is 4.80. The number of piperidine rings is 1. The van der Waals surface area contributed by atoms with Crippen LogP contribution in [0.15, 0.2) is 30.3 Å². The van der Waals surface area contributed by atoms with Gasteiger partial charge in [-0.05, 0) is 80.3 Å². The molecule has 3 nitrogen and oxygen atoms in total. The first kappa shape index (κ1) is 16.6. The number of carbonyl (C=O) groups is 1. The van der Waals surface area contributed by atoms with Crippen LogP contribution in [0.4, 0.5) is 11.4 Å². The lowest BCUT2D eigenvalue weighted by molar-refractivity contribution is 0.103. The van der Waals surface area contributed by atoms with E-state index in [1.165, 1.54) is 41.8 Å². The number of hydrogen-bond acceptors (Lipinski definition) is 3. The van der Waals surface area contributed by atoms with Gasteiger partial charge in [0.05, 0.1) is 4.88 Å². The molecule has 4 rings (SSSR count). The molecule has 2 aromatic rings. The molecule has 0 radical (unpaired) electrons. The van der Waals surface area contributed by atoms with Crippen LogP contribution in [0.2, 0.25) is 0 Å². The Labute approximate surface area is 154 Å². The van der Waals surface area contributed by atoms with Crippen molar-refractivity contribution in [2.75, 3.05) is 23.3 Å². The van der Waals surface area contributed by atoms with E-state index in [1.807, 2.05) is 12.1 Å². The molecule has 1 aliphatic carbocycles. The number of thiophene rings is 1. The quantitative estimate of drug-likeness (QED) is 0.830. The lowest BCUT2D eigenvalue weighted by atomic mass is 9.90. The molecule has 1 amide bonds. The minimum absolute atomic E-state index is 0.0257. The van der Waals surface area contributed by atoms with Gasteiger partial charge in [-0.3, -0.25) is 4.79 Å². The molecule has 132 valence electrons. The zero-order valence-electron chi connectivity index (χ0n) is 14.9. The van der Waals surface area contributed by atoms with Crippen LogP contribution in [0, 0.1) is 5.92 Å². The Balaban J connectivity index is 1.42. The molecule has 0 bridgehead atoms. The third-order valence-corrected chi connectivity index (χ3v) is 6.64. The van der Waals surface area contributed by atoms with Crippen molar-refractivity contribution in [2.24, 2.45) is 5.92 Å². The van der Waals surface area contributed by atoms with E-state index in [0.29, 0.717) is 0 Å². The molecule has 2 heterocycles. The number of hydrogen-bond donors (Lipinski definition) is 1. The zero-order chi connectivity index (χ0) is 17.2. The topological polar surface area (TPSA) is 32.3 Å². The van der Waals surface area contributed by atoms with Crippen molar-refractivity contribution in [2.45, 2.75) is 45.4 Å². The Morgan fingerprint density at radius 3 is 2.68 bits per heavy atom. The second kappa shape index (κ2) is 7.20. The van der Waals surface area contributed by atoms with Crippen LogP contribution < -0.4 is 10.2 Å². The van der Waals surface area contributed by atoms with Crippen molar-refractivity contribution in [3.63, 3.8) is 0 Å². The van der Waals surface area contributed by atoms with Crippen LogP contribution in [0.25, 0.3) is 0 Å². The maximum absolute atomic E-state index is 12.6. The number of aryl methyl sites for hydroxylation is 1. The van der Waals surface area contributed by atoms with E-state index in [4.69, 9.17) is 0 Å². The van der Waals surface area contributed by atoms with E-state index >= 15 is 0 Å². The van der Waals surface area contributed by atoms with Crippen molar-refractivity contribution in [1.82, 2.24) is 0 Å². The summed E-state index contributed by atoms with van der Waals surface area (Å²) in [7, 11) is 0. The molecule has 1 aliphatic heterocycles. The number of anilines is 2. The number of rotatable bonds is 3. The van der Waals surface area contributed by atoms with Crippen LogP contribution in [-0.4, -0.2) is 19.0 Å². The lowest BCUT2D eigenvalue weighted by Gasteiger charge is -2.28. The number of fused-ring (bicyclic) bond motifs is 1. The Bertz CT molecular complexity index is 744. The van der Waals surface area contributed by atoms with Gasteiger partial charge in [0, 0.05) is 29.3 Å². The molecular formula is C21H26N2OS. The summed E-state index contributed by atoms with van der Waals surface area (Å²) < 4.78 is 0. The zero-order valence-corrected chi connectivity index (χ0v) is 15.7. The van der Waals surface area contributed by atoms with E-state index in [9.17, 15) is 4.79 Å². The van der Waals surface area contributed by atoms with Gasteiger partial charge in [-0.2, -0.15) is 0 Å². The van der Waals surface area contributed by atoms with Crippen molar-refractivity contribution in [1.29, 1.82) is 0 Å². The molecule has 1 aromatic heterocycles. The normalized spacial score (nSPS) is 20.2. The molecule has 0 saturated carbocycles. The molecular weight excluding hydrogens is 328 g/mol. The Hall–Kier alpha value is -1.81. The molecule has 25 heavy (non-hydrogen) atoms. The number of nitrogens with zero attached hydrogens (tertiary/aromatic N) is 1. The van der Waals surface area contributed by atoms with Gasteiger partial charge < -0.3 is 10.2 Å². The summed E-state index contributed by atoms with van der Waals surface area (Å²) in [5.41, 5.74) is 3.53. The summed E-state index contributed by atoms with van der Waals surface area (Å²) in [5, 5.41) is 3.06. The van der Waals surface area contributed by atoms with Gasteiger partial charge in [0.25, 0.3) is 5.91 Å². The highest BCUT2D eigenvalue weighted by molar-refractivity contribution is 7.14. The molecule has 1 saturated heterocycles. The summed E-state index contributed by atoms with van der Waals surface area (Å²) >= 11 is 1.67. The van der Waals surface area contributed by atoms with Crippen LogP contribution in [0.3, 0.4) is 0 Å². The largest absolute Gasteiger partial charge is 0.372 e. The first-order chi connectivity index (χ1) is 12.2. The average molecular weight is 355 g/mol. The number of amides is 1. The SMILES string of the molecule is C[C@@H]1CCc2sc(C(=O)Nc3ccc(N4CCCCC4)cc3)cc2C1. The van der Waals surface area contributed by atoms with Crippen molar-refractivity contribution < 1.29 is 4.79 Å². The van der Waals surface area contributed by atoms with Crippen LogP contribution in [-0.2, 0) is 12.8 Å². The van der Waals surface area contributed by atoms with Gasteiger partial charge in [-0.1, -0.05) is 6.92 Å². The van der Waals surface area contributed by atoms with Crippen molar-refractivity contribution in [3.8, 4) is 0 Å². The average Bonchev–Trinajstić information content (AvgIpc) is 3.06. The first-order valence-corrected chi connectivity index (χ1v) is 10.3. The van der Waals surface area contributed by atoms with Gasteiger partial charge in [0.2, 0.25) is 0 Å². The monoisotopic (exact) mass is 354 g/mol. The fraction of sp³-hybridized carbons (Fsp3) is 0.476. The highest BCUT2D eigenvalue weighted by Gasteiger charge is 2.20. The van der Waals surface area contributed by atoms with Gasteiger partial charge in [0.15, 0.2) is 0 Å². The van der Waals surface area contributed by atoms with Crippen LogP contribution in [0.1, 0.15) is 52.7 Å². The predicted molar refractivity (Wildman–Crippen MR) is 106 cm³/mol. The molecule has 1 aromatic carbocycles. The molecule has 1 fully saturated rings. The maximum Gasteiger partial charge on any atom is 0.265 e. The van der Waals surface area contributed by atoms with Gasteiger partial charge in [-0.15, -0.1) is 11.3 Å². The molecule has 4 heteroatoms. The van der Waals surface area contributed by atoms with Gasteiger partial charge in [0.1, 0.15) is 0 Å². The lowest BCUT2D eigenvalue weighted by Crippen LogP contribution is -2.29. The van der Waals surface area contributed by atoms with E-state index < -0.39 is 0 Å². The number of carbonyl (C=O) groups excluding carboxylic acids is 1. The molecule has 2 aliphatic rings. The fourth-order valence-electron chi connectivity index (χ4n) is 3.92. The van der Waals surface area contributed by atoms with E-state index in [2.05, 4.69) is 35.3 Å². The highest BCUT2D eigenvalue weighted by Crippen LogP contribution is 2.32. The summed E-state index contributed by atoms with van der Waals surface area (Å²) in [4.78, 5) is 17.3. The van der Waals surface area contributed by atoms with E-state index in [-0.39, 0.29) is 5.91 Å². The Morgan fingerprint density at radius 2 is 1.92 bits per heavy atom. The third kappa shape index (κ3) is 3.74. The second-order valence-electron chi connectivity index (χ2n) is 7.46. The van der Waals surface area contributed by atoms with Gasteiger partial charge in [-0.25, -0.2) is 0 Å². The highest BCUT2D eigenvalue weighted by atomic mass is 32.1. The Morgan fingerprint density at radius 1 is 1.16 bits per heavy atom. The number of benzene rings is 1. The maximum atomic E-state index is 12.6. The fourth-order valence-corrected chi connectivity index (χ4v) is 5.02. The van der Waals surface area contributed by atoms with Crippen molar-refractivity contribution >= 4 is 28.6 Å². The molecule has 0 unspecified atom stereocenters. The second-order valence-corrected chi connectivity index (χ2v) is 8.59. The van der Waals surface area contributed by atoms with Gasteiger partial charge >= 0.3 is 0 Å². The summed E-state index contributed by atoms with van der Waals surface area (Å²) in [6.07, 6.45) is 7.38. The summed E-state index contributed by atoms with van der Waals surface area (Å²) in [6.45, 7) is 4.58. The number of nitrogens with one attached hydrogen (secondary N) is 1.